The monoisotopic (exact) mass is 350 g/mol. The van der Waals surface area contributed by atoms with E-state index < -0.39 is 5.97 Å². The highest BCUT2D eigenvalue weighted by Gasteiger charge is 2.23. The van der Waals surface area contributed by atoms with Crippen molar-refractivity contribution in [3.05, 3.63) is 82.1 Å². The number of aryl methyl sites for hydroxylation is 1. The Morgan fingerprint density at radius 2 is 1.96 bits per heavy atom. The second kappa shape index (κ2) is 6.22. The lowest BCUT2D eigenvalue weighted by Gasteiger charge is -2.09. The van der Waals surface area contributed by atoms with Crippen molar-refractivity contribution in [2.45, 2.75) is 12.8 Å². The maximum atomic E-state index is 11.2. The van der Waals surface area contributed by atoms with E-state index in [0.717, 1.165) is 29.8 Å². The molecule has 5 heteroatoms. The molecule has 25 heavy (non-hydrogen) atoms. The van der Waals surface area contributed by atoms with E-state index in [4.69, 9.17) is 11.6 Å². The highest BCUT2D eigenvalue weighted by Crippen LogP contribution is 2.35. The van der Waals surface area contributed by atoms with E-state index >= 15 is 0 Å². The fraction of sp³-hybridized carbons (Fsp3) is 0.100. The molecule has 1 aromatic heterocycles. The maximum Gasteiger partial charge on any atom is 0.335 e. The summed E-state index contributed by atoms with van der Waals surface area (Å²) in [6.07, 6.45) is 5.88. The predicted molar refractivity (Wildman–Crippen MR) is 98.2 cm³/mol. The molecule has 0 amide bonds. The molecule has 124 valence electrons. The molecule has 3 aromatic rings. The van der Waals surface area contributed by atoms with Gasteiger partial charge >= 0.3 is 5.97 Å². The molecule has 4 rings (SSSR count). The number of aromatic carboxylic acids is 1. The van der Waals surface area contributed by atoms with Gasteiger partial charge in [-0.05, 0) is 65.9 Å². The zero-order valence-electron chi connectivity index (χ0n) is 13.3. The molecule has 1 aliphatic rings. The summed E-state index contributed by atoms with van der Waals surface area (Å²) in [5.74, 6) is -0.942. The number of fused-ring (bicyclic) bond motifs is 1. The van der Waals surface area contributed by atoms with Gasteiger partial charge in [-0.25, -0.2) is 9.48 Å². The van der Waals surface area contributed by atoms with Crippen LogP contribution in [0.1, 0.15) is 33.6 Å². The highest BCUT2D eigenvalue weighted by molar-refractivity contribution is 6.30. The summed E-state index contributed by atoms with van der Waals surface area (Å²) in [6, 6.07) is 14.6. The third kappa shape index (κ3) is 2.96. The third-order valence-corrected chi connectivity index (χ3v) is 4.61. The van der Waals surface area contributed by atoms with Gasteiger partial charge in [-0.1, -0.05) is 29.8 Å². The van der Waals surface area contributed by atoms with Gasteiger partial charge in [-0.2, -0.15) is 5.10 Å². The predicted octanol–water partition coefficient (Wildman–Crippen LogP) is 4.71. The largest absolute Gasteiger partial charge is 0.478 e. The van der Waals surface area contributed by atoms with Gasteiger partial charge in [-0.15, -0.1) is 0 Å². The van der Waals surface area contributed by atoms with E-state index in [1.54, 1.807) is 18.2 Å². The quantitative estimate of drug-likeness (QED) is 0.744. The van der Waals surface area contributed by atoms with Crippen molar-refractivity contribution in [3.63, 3.8) is 0 Å². The van der Waals surface area contributed by atoms with Crippen LogP contribution in [-0.2, 0) is 6.42 Å². The van der Waals surface area contributed by atoms with Gasteiger partial charge in [0, 0.05) is 5.02 Å². The number of aromatic nitrogens is 2. The number of halogens is 1. The lowest BCUT2D eigenvalue weighted by Crippen LogP contribution is -2.03. The zero-order valence-corrected chi connectivity index (χ0v) is 14.1. The van der Waals surface area contributed by atoms with Gasteiger partial charge in [-0.3, -0.25) is 0 Å². The maximum absolute atomic E-state index is 11.2. The average molecular weight is 351 g/mol. The number of carboxylic acids is 1. The minimum atomic E-state index is -0.942. The summed E-state index contributed by atoms with van der Waals surface area (Å²) in [6.45, 7) is 0. The Kier molecular flexibility index (Phi) is 3.90. The molecular formula is C20H15ClN2O2. The average Bonchev–Trinajstić information content (AvgIpc) is 3.20. The molecular weight excluding hydrogens is 336 g/mol. The second-order valence-electron chi connectivity index (χ2n) is 6.01. The van der Waals surface area contributed by atoms with Crippen molar-refractivity contribution < 1.29 is 9.90 Å². The summed E-state index contributed by atoms with van der Waals surface area (Å²) >= 11 is 5.95. The van der Waals surface area contributed by atoms with Crippen LogP contribution < -0.4 is 0 Å². The number of hydrogen-bond acceptors (Lipinski definition) is 2. The van der Waals surface area contributed by atoms with Crippen LogP contribution in [0.2, 0.25) is 5.02 Å². The van der Waals surface area contributed by atoms with E-state index in [-0.39, 0.29) is 5.56 Å². The van der Waals surface area contributed by atoms with Crippen molar-refractivity contribution >= 4 is 29.2 Å². The fourth-order valence-corrected chi connectivity index (χ4v) is 3.29. The number of rotatable bonds is 3. The topological polar surface area (TPSA) is 55.1 Å². The molecule has 4 nitrogen and oxygen atoms in total. The molecule has 1 aliphatic carbocycles. The Labute approximate surface area is 150 Å². The first-order valence-electron chi connectivity index (χ1n) is 7.99. The molecule has 0 saturated carbocycles. The molecule has 2 aromatic carbocycles. The zero-order chi connectivity index (χ0) is 17.4. The normalized spacial score (nSPS) is 14.7. The lowest BCUT2D eigenvalue weighted by molar-refractivity contribution is 0.0697. The molecule has 1 heterocycles. The molecule has 0 bridgehead atoms. The standard InChI is InChI=1S/C20H15ClN2O2/c21-17-8-4-13(5-9-17)10-14-6-7-16-12-22-23(19(14)16)18-3-1-2-15(11-18)20(24)25/h1-5,8-12H,6-7H2,(H,24,25)/b14-10+. The van der Waals surface area contributed by atoms with Crippen LogP contribution in [0.4, 0.5) is 0 Å². The number of nitrogens with zero attached hydrogens (tertiary/aromatic N) is 2. The molecule has 0 saturated heterocycles. The Bertz CT molecular complexity index is 987. The summed E-state index contributed by atoms with van der Waals surface area (Å²) in [5, 5.41) is 14.4. The Morgan fingerprint density at radius 3 is 2.72 bits per heavy atom. The molecule has 0 radical (unpaired) electrons. The fourth-order valence-electron chi connectivity index (χ4n) is 3.16. The van der Waals surface area contributed by atoms with Crippen LogP contribution in [0.15, 0.2) is 54.7 Å². The minimum Gasteiger partial charge on any atom is -0.478 e. The Hall–Kier alpha value is -2.85. The first kappa shape index (κ1) is 15.7. The first-order chi connectivity index (χ1) is 12.1. The van der Waals surface area contributed by atoms with Crippen molar-refractivity contribution in [1.82, 2.24) is 9.78 Å². The van der Waals surface area contributed by atoms with Crippen molar-refractivity contribution in [1.29, 1.82) is 0 Å². The van der Waals surface area contributed by atoms with E-state index in [2.05, 4.69) is 11.2 Å². The van der Waals surface area contributed by atoms with Crippen molar-refractivity contribution in [2.75, 3.05) is 0 Å². The van der Waals surface area contributed by atoms with Crippen LogP contribution in [0, 0.1) is 0 Å². The van der Waals surface area contributed by atoms with Crippen molar-refractivity contribution in [2.24, 2.45) is 0 Å². The lowest BCUT2D eigenvalue weighted by atomic mass is 10.1. The molecule has 0 fully saturated rings. The van der Waals surface area contributed by atoms with Crippen molar-refractivity contribution in [3.8, 4) is 5.69 Å². The van der Waals surface area contributed by atoms with Gasteiger partial charge in [0.2, 0.25) is 0 Å². The third-order valence-electron chi connectivity index (χ3n) is 4.36. The number of hydrogen-bond donors (Lipinski definition) is 1. The molecule has 0 aliphatic heterocycles. The molecule has 1 N–H and O–H groups in total. The minimum absolute atomic E-state index is 0.253. The van der Waals surface area contributed by atoms with Crippen LogP contribution in [0.5, 0.6) is 0 Å². The molecule has 0 unspecified atom stereocenters. The van der Waals surface area contributed by atoms with E-state index in [0.29, 0.717) is 5.02 Å². The van der Waals surface area contributed by atoms with Gasteiger partial charge in [0.15, 0.2) is 0 Å². The Morgan fingerprint density at radius 1 is 1.16 bits per heavy atom. The first-order valence-corrected chi connectivity index (χ1v) is 8.37. The number of carbonyl (C=O) groups is 1. The summed E-state index contributed by atoms with van der Waals surface area (Å²) in [4.78, 5) is 11.2. The van der Waals surface area contributed by atoms with Gasteiger partial charge in [0.25, 0.3) is 0 Å². The number of carboxylic acid groups (broad SMARTS) is 1. The molecule has 0 atom stereocenters. The Balaban J connectivity index is 1.78. The van der Waals surface area contributed by atoms with E-state index in [1.807, 2.05) is 41.2 Å². The van der Waals surface area contributed by atoms with Crippen LogP contribution in [0.25, 0.3) is 17.3 Å². The number of benzene rings is 2. The van der Waals surface area contributed by atoms with Gasteiger partial charge in [0.1, 0.15) is 0 Å². The second-order valence-corrected chi connectivity index (χ2v) is 6.44. The highest BCUT2D eigenvalue weighted by atomic mass is 35.5. The van der Waals surface area contributed by atoms with E-state index in [1.165, 1.54) is 11.1 Å². The summed E-state index contributed by atoms with van der Waals surface area (Å²) < 4.78 is 1.83. The van der Waals surface area contributed by atoms with Gasteiger partial charge < -0.3 is 5.11 Å². The summed E-state index contributed by atoms with van der Waals surface area (Å²) in [5.41, 5.74) is 5.52. The molecule has 0 spiro atoms. The smallest absolute Gasteiger partial charge is 0.335 e. The SMILES string of the molecule is O=C(O)c1cccc(-n2ncc3c2/C(=C/c2ccc(Cl)cc2)CC3)c1. The number of allylic oxidation sites excluding steroid dienone is 1. The van der Waals surface area contributed by atoms with Crippen LogP contribution in [-0.4, -0.2) is 20.9 Å². The van der Waals surface area contributed by atoms with E-state index in [9.17, 15) is 9.90 Å². The summed E-state index contributed by atoms with van der Waals surface area (Å²) in [7, 11) is 0. The van der Waals surface area contributed by atoms with Gasteiger partial charge in [0.05, 0.1) is 23.1 Å². The van der Waals surface area contributed by atoms with Crippen LogP contribution in [0.3, 0.4) is 0 Å². The van der Waals surface area contributed by atoms with Crippen LogP contribution >= 0.6 is 11.6 Å².